The van der Waals surface area contributed by atoms with Crippen LogP contribution in [0.4, 0.5) is 4.39 Å². The van der Waals surface area contributed by atoms with Gasteiger partial charge < -0.3 is 4.74 Å². The smallest absolute Gasteiger partial charge is 0.154 e. The van der Waals surface area contributed by atoms with Crippen LogP contribution in [-0.2, 0) is 11.3 Å². The van der Waals surface area contributed by atoms with Gasteiger partial charge in [-0.25, -0.2) is 14.1 Å². The molecule has 1 aliphatic rings. The fourth-order valence-corrected chi connectivity index (χ4v) is 3.33. The fourth-order valence-electron chi connectivity index (χ4n) is 3.33. The van der Waals surface area contributed by atoms with Crippen LogP contribution >= 0.6 is 0 Å². The predicted octanol–water partition coefficient (Wildman–Crippen LogP) is 3.30. The van der Waals surface area contributed by atoms with Gasteiger partial charge in [-0.15, -0.1) is 0 Å². The number of hydrogen-bond acceptors (Lipinski definition) is 4. The van der Waals surface area contributed by atoms with E-state index >= 15 is 0 Å². The molecule has 0 radical (unpaired) electrons. The summed E-state index contributed by atoms with van der Waals surface area (Å²) in [6, 6.07) is 8.29. The maximum Gasteiger partial charge on any atom is 0.154 e. The highest BCUT2D eigenvalue weighted by Gasteiger charge is 2.25. The summed E-state index contributed by atoms with van der Waals surface area (Å²) in [5, 5.41) is 9.07. The summed E-state index contributed by atoms with van der Waals surface area (Å²) in [5.74, 6) is 1.88. The Morgan fingerprint density at radius 1 is 1.23 bits per heavy atom. The van der Waals surface area contributed by atoms with Crippen molar-refractivity contribution in [3.05, 3.63) is 60.2 Å². The second-order valence-corrected chi connectivity index (χ2v) is 6.73. The van der Waals surface area contributed by atoms with E-state index < -0.39 is 0 Å². The summed E-state index contributed by atoms with van der Waals surface area (Å²) in [5.41, 5.74) is 0.819. The Hall–Kier alpha value is -2.54. The number of nitrogens with zero attached hydrogens (tertiary/aromatic N) is 5. The first-order valence-corrected chi connectivity index (χ1v) is 8.98. The van der Waals surface area contributed by atoms with Crippen molar-refractivity contribution in [3.63, 3.8) is 0 Å². The zero-order valence-corrected chi connectivity index (χ0v) is 14.8. The molecule has 3 heterocycles. The number of halogens is 1. The van der Waals surface area contributed by atoms with Gasteiger partial charge in [0.15, 0.2) is 5.82 Å². The van der Waals surface area contributed by atoms with Crippen molar-refractivity contribution in [2.75, 3.05) is 13.2 Å². The van der Waals surface area contributed by atoms with Crippen LogP contribution in [0, 0.1) is 5.82 Å². The highest BCUT2D eigenvalue weighted by atomic mass is 19.1. The molecule has 1 unspecified atom stereocenters. The molecule has 1 atom stereocenters. The Balaban J connectivity index is 1.69. The summed E-state index contributed by atoms with van der Waals surface area (Å²) in [4.78, 5) is 4.87. The van der Waals surface area contributed by atoms with Crippen LogP contribution in [-0.4, -0.2) is 37.8 Å². The summed E-state index contributed by atoms with van der Waals surface area (Å²) >= 11 is 0. The minimum Gasteiger partial charge on any atom is -0.381 e. The van der Waals surface area contributed by atoms with Crippen LogP contribution in [0.5, 0.6) is 0 Å². The lowest BCUT2D eigenvalue weighted by atomic mass is 10.00. The van der Waals surface area contributed by atoms with Crippen LogP contribution in [0.2, 0.25) is 0 Å². The summed E-state index contributed by atoms with van der Waals surface area (Å²) in [6.45, 7) is 4.31. The summed E-state index contributed by atoms with van der Waals surface area (Å²) in [6.07, 6.45) is 5.57. The van der Waals surface area contributed by atoms with Crippen molar-refractivity contribution in [2.45, 2.75) is 38.1 Å². The molecule has 0 bridgehead atoms. The third-order valence-corrected chi connectivity index (χ3v) is 4.77. The minimum absolute atomic E-state index is 0.112. The molecule has 1 aliphatic heterocycles. The molecule has 0 saturated carbocycles. The molecule has 4 rings (SSSR count). The van der Waals surface area contributed by atoms with Crippen molar-refractivity contribution in [3.8, 4) is 5.69 Å². The number of ether oxygens (including phenoxy) is 1. The highest BCUT2D eigenvalue weighted by molar-refractivity contribution is 5.32. The maximum atomic E-state index is 13.3. The zero-order valence-electron chi connectivity index (χ0n) is 14.8. The van der Waals surface area contributed by atoms with Gasteiger partial charge in [-0.1, -0.05) is 6.92 Å². The van der Waals surface area contributed by atoms with Gasteiger partial charge in [-0.3, -0.25) is 4.68 Å². The third kappa shape index (κ3) is 3.53. The van der Waals surface area contributed by atoms with E-state index in [1.807, 2.05) is 21.6 Å². The third-order valence-electron chi connectivity index (χ3n) is 4.77. The molecule has 0 aliphatic carbocycles. The summed E-state index contributed by atoms with van der Waals surface area (Å²) in [7, 11) is 0. The monoisotopic (exact) mass is 355 g/mol. The molecule has 0 amide bonds. The molecule has 2 aromatic heterocycles. The lowest BCUT2D eigenvalue weighted by Gasteiger charge is -2.18. The van der Waals surface area contributed by atoms with Crippen molar-refractivity contribution in [1.82, 2.24) is 24.5 Å². The van der Waals surface area contributed by atoms with E-state index in [-0.39, 0.29) is 11.7 Å². The van der Waals surface area contributed by atoms with Gasteiger partial charge in [0.1, 0.15) is 11.6 Å². The topological polar surface area (TPSA) is 57.8 Å². The van der Waals surface area contributed by atoms with E-state index in [4.69, 9.17) is 14.8 Å². The van der Waals surface area contributed by atoms with Crippen LogP contribution < -0.4 is 0 Å². The minimum atomic E-state index is -0.260. The number of rotatable bonds is 5. The van der Waals surface area contributed by atoms with E-state index in [0.29, 0.717) is 12.5 Å². The second kappa shape index (κ2) is 7.37. The van der Waals surface area contributed by atoms with Crippen molar-refractivity contribution < 1.29 is 9.13 Å². The molecule has 26 heavy (non-hydrogen) atoms. The fraction of sp³-hybridized carbons (Fsp3) is 0.421. The zero-order chi connectivity index (χ0) is 17.9. The molecule has 1 saturated heterocycles. The van der Waals surface area contributed by atoms with Crippen LogP contribution in [0.25, 0.3) is 5.69 Å². The molecular formula is C19H22FN5O. The molecule has 1 fully saturated rings. The quantitative estimate of drug-likeness (QED) is 0.705. The van der Waals surface area contributed by atoms with Gasteiger partial charge in [0, 0.05) is 37.4 Å². The average Bonchev–Trinajstić information content (AvgIpc) is 3.33. The Kier molecular flexibility index (Phi) is 4.79. The highest BCUT2D eigenvalue weighted by Crippen LogP contribution is 2.28. The van der Waals surface area contributed by atoms with Crippen LogP contribution in [0.3, 0.4) is 0 Å². The van der Waals surface area contributed by atoms with E-state index in [9.17, 15) is 4.39 Å². The van der Waals surface area contributed by atoms with Gasteiger partial charge in [-0.05, 0) is 43.2 Å². The first kappa shape index (κ1) is 16.9. The Morgan fingerprint density at radius 3 is 2.69 bits per heavy atom. The Bertz CT molecular complexity index is 837. The second-order valence-electron chi connectivity index (χ2n) is 6.73. The maximum absolute atomic E-state index is 13.3. The van der Waals surface area contributed by atoms with E-state index in [1.54, 1.807) is 18.3 Å². The largest absolute Gasteiger partial charge is 0.381 e. The first-order valence-electron chi connectivity index (χ1n) is 8.98. The van der Waals surface area contributed by atoms with E-state index in [0.717, 1.165) is 43.4 Å². The predicted molar refractivity (Wildman–Crippen MR) is 94.8 cm³/mol. The van der Waals surface area contributed by atoms with Gasteiger partial charge in [0.25, 0.3) is 0 Å². The van der Waals surface area contributed by atoms with E-state index in [1.165, 1.54) is 12.1 Å². The van der Waals surface area contributed by atoms with Gasteiger partial charge in [0.05, 0.1) is 12.2 Å². The van der Waals surface area contributed by atoms with Crippen LogP contribution in [0.1, 0.15) is 43.3 Å². The number of benzene rings is 1. The normalized spacial score (nSPS) is 16.7. The average molecular weight is 355 g/mol. The van der Waals surface area contributed by atoms with Crippen LogP contribution in [0.15, 0.2) is 42.7 Å². The molecule has 3 aromatic rings. The molecule has 7 heteroatoms. The van der Waals surface area contributed by atoms with Crippen molar-refractivity contribution in [2.24, 2.45) is 0 Å². The number of hydrogen-bond donors (Lipinski definition) is 0. The molecule has 6 nitrogen and oxygen atoms in total. The molecule has 0 spiro atoms. The van der Waals surface area contributed by atoms with E-state index in [2.05, 4.69) is 12.0 Å². The van der Waals surface area contributed by atoms with Gasteiger partial charge in [0.2, 0.25) is 0 Å². The first-order chi connectivity index (χ1) is 12.7. The molecule has 1 aromatic carbocycles. The lowest BCUT2D eigenvalue weighted by molar-refractivity contribution is 0.0836. The Morgan fingerprint density at radius 2 is 2.00 bits per heavy atom. The van der Waals surface area contributed by atoms with Crippen molar-refractivity contribution in [1.29, 1.82) is 0 Å². The van der Waals surface area contributed by atoms with Gasteiger partial charge >= 0.3 is 0 Å². The summed E-state index contributed by atoms with van der Waals surface area (Å²) < 4.78 is 22.5. The SMILES string of the molecule is CC(Cn1cccn1)c1nc(C2CCOCC2)nn1-c1ccc(F)cc1. The molecule has 0 N–H and O–H groups in total. The molecule has 136 valence electrons. The molecular weight excluding hydrogens is 333 g/mol. The number of aromatic nitrogens is 5. The standard InChI is InChI=1S/C19H22FN5O/c1-14(13-24-10-2-9-21-24)19-22-18(15-7-11-26-12-8-15)23-25(19)17-5-3-16(20)4-6-17/h2-6,9-10,14-15H,7-8,11-13H2,1H3. The Labute approximate surface area is 151 Å². The van der Waals surface area contributed by atoms with Gasteiger partial charge in [-0.2, -0.15) is 10.2 Å². The lowest BCUT2D eigenvalue weighted by Crippen LogP contribution is -2.15. The van der Waals surface area contributed by atoms with Crippen molar-refractivity contribution >= 4 is 0 Å².